The third-order valence-corrected chi connectivity index (χ3v) is 2.38. The van der Waals surface area contributed by atoms with Crippen LogP contribution < -0.4 is 0 Å². The second-order valence-corrected chi connectivity index (χ2v) is 5.26. The second-order valence-electron chi connectivity index (χ2n) is 2.51. The Bertz CT molecular complexity index is 149. The van der Waals surface area contributed by atoms with Gasteiger partial charge in [-0.3, -0.25) is 4.79 Å². The van der Waals surface area contributed by atoms with Gasteiger partial charge in [0.1, 0.15) is 0 Å². The molecule has 0 saturated heterocycles. The van der Waals surface area contributed by atoms with E-state index in [-0.39, 0.29) is 5.92 Å². The van der Waals surface area contributed by atoms with E-state index in [1.165, 1.54) is 0 Å². The van der Waals surface area contributed by atoms with E-state index in [1.807, 2.05) is 0 Å². The average Bonchev–Trinajstić information content (AvgIpc) is 1.82. The number of hydrogen-bond donors (Lipinski definition) is 0. The largest absolute Gasteiger partial charge is 0.293 e. The van der Waals surface area contributed by atoms with Crippen molar-refractivity contribution in [2.24, 2.45) is 5.92 Å². The van der Waals surface area contributed by atoms with Crippen LogP contribution >= 0.6 is 46.4 Å². The number of rotatable bonds is 2. The molecule has 0 aliphatic heterocycles. The van der Waals surface area contributed by atoms with Crippen LogP contribution in [0.2, 0.25) is 0 Å². The van der Waals surface area contributed by atoms with Crippen molar-refractivity contribution >= 4 is 52.2 Å². The zero-order valence-corrected chi connectivity index (χ0v) is 9.10. The maximum absolute atomic E-state index is 11.1. The van der Waals surface area contributed by atoms with Crippen molar-refractivity contribution in [2.75, 3.05) is 0 Å². The third-order valence-electron chi connectivity index (χ3n) is 1.12. The molecule has 0 bridgehead atoms. The highest BCUT2D eigenvalue weighted by molar-refractivity contribution is 6.77. The molecule has 0 aromatic rings. The highest BCUT2D eigenvalue weighted by Crippen LogP contribution is 2.31. The first-order chi connectivity index (χ1) is 4.76. The molecule has 11 heavy (non-hydrogen) atoms. The molecule has 0 rings (SSSR count). The lowest BCUT2D eigenvalue weighted by Gasteiger charge is -2.16. The summed E-state index contributed by atoms with van der Waals surface area (Å²) >= 11 is 21.6. The number of carbonyl (C=O) groups excluding carboxylic acids is 1. The summed E-state index contributed by atoms with van der Waals surface area (Å²) in [7, 11) is 0. The Labute approximate surface area is 85.9 Å². The van der Waals surface area contributed by atoms with E-state index in [0.29, 0.717) is 0 Å². The number of carbonyl (C=O) groups is 1. The fourth-order valence-electron chi connectivity index (χ4n) is 0.459. The van der Waals surface area contributed by atoms with Crippen LogP contribution in [0.3, 0.4) is 0 Å². The van der Waals surface area contributed by atoms with Gasteiger partial charge in [0, 0.05) is 0 Å². The molecule has 0 heterocycles. The summed E-state index contributed by atoms with van der Waals surface area (Å²) in [4.78, 5) is 11.1. The van der Waals surface area contributed by atoms with Crippen molar-refractivity contribution in [1.82, 2.24) is 0 Å². The van der Waals surface area contributed by atoms with Gasteiger partial charge in [0.15, 0.2) is 0 Å². The van der Waals surface area contributed by atoms with Crippen molar-refractivity contribution in [3.8, 4) is 0 Å². The zero-order chi connectivity index (χ0) is 9.23. The maximum Gasteiger partial charge on any atom is 0.250 e. The van der Waals surface area contributed by atoms with Gasteiger partial charge in [0.2, 0.25) is 9.58 Å². The summed E-state index contributed by atoms with van der Waals surface area (Å²) in [5, 5.41) is -0.734. The van der Waals surface area contributed by atoms with Crippen LogP contribution in [0, 0.1) is 5.92 Å². The smallest absolute Gasteiger partial charge is 0.250 e. The lowest BCUT2D eigenvalue weighted by molar-refractivity contribution is -0.118. The quantitative estimate of drug-likeness (QED) is 0.675. The summed E-state index contributed by atoms with van der Waals surface area (Å²) in [6, 6.07) is 0. The van der Waals surface area contributed by atoms with Crippen molar-refractivity contribution in [2.45, 2.75) is 23.0 Å². The number of ketones is 1. The number of alkyl halides is 4. The first-order valence-electron chi connectivity index (χ1n) is 3.02. The number of Topliss-reactive ketones (excluding diaryl/α,β-unsaturated/α-hetero) is 1. The highest BCUT2D eigenvalue weighted by Gasteiger charge is 2.36. The van der Waals surface area contributed by atoms with Crippen molar-refractivity contribution in [3.63, 3.8) is 0 Å². The van der Waals surface area contributed by atoms with Gasteiger partial charge in [-0.2, -0.15) is 0 Å². The van der Waals surface area contributed by atoms with E-state index < -0.39 is 15.0 Å². The summed E-state index contributed by atoms with van der Waals surface area (Å²) in [6.45, 7) is 3.57. The molecule has 66 valence electrons. The standard InChI is InChI=1S/C6H8Cl4O/c1-3(2)4(7)5(11)6(8,9)10/h3-4H,1-2H3. The minimum Gasteiger partial charge on any atom is -0.293 e. The monoisotopic (exact) mass is 236 g/mol. The molecule has 1 unspecified atom stereocenters. The van der Waals surface area contributed by atoms with Crippen LogP contribution in [-0.4, -0.2) is 15.0 Å². The maximum atomic E-state index is 11.1. The second kappa shape index (κ2) is 4.18. The summed E-state index contributed by atoms with van der Waals surface area (Å²) < 4.78 is -1.89. The minimum absolute atomic E-state index is 0.0280. The Morgan fingerprint density at radius 2 is 1.64 bits per heavy atom. The van der Waals surface area contributed by atoms with Crippen LogP contribution in [0.4, 0.5) is 0 Å². The van der Waals surface area contributed by atoms with Gasteiger partial charge in [0.05, 0.1) is 5.38 Å². The number of halogens is 4. The van der Waals surface area contributed by atoms with E-state index in [9.17, 15) is 4.79 Å². The van der Waals surface area contributed by atoms with E-state index >= 15 is 0 Å². The van der Waals surface area contributed by atoms with E-state index in [2.05, 4.69) is 0 Å². The van der Waals surface area contributed by atoms with Crippen LogP contribution in [0.1, 0.15) is 13.8 Å². The van der Waals surface area contributed by atoms with Gasteiger partial charge >= 0.3 is 0 Å². The molecule has 0 saturated carbocycles. The number of hydrogen-bond acceptors (Lipinski definition) is 1. The molecule has 1 atom stereocenters. The van der Waals surface area contributed by atoms with Crippen LogP contribution in [0.5, 0.6) is 0 Å². The molecule has 0 amide bonds. The van der Waals surface area contributed by atoms with Gasteiger partial charge in [-0.15, -0.1) is 11.6 Å². The first kappa shape index (κ1) is 11.8. The summed E-state index contributed by atoms with van der Waals surface area (Å²) in [5.41, 5.74) is 0. The molecule has 0 fully saturated rings. The Kier molecular flexibility index (Phi) is 4.49. The summed E-state index contributed by atoms with van der Waals surface area (Å²) in [6.07, 6.45) is 0. The SMILES string of the molecule is CC(C)C(Cl)C(=O)C(Cl)(Cl)Cl. The molecule has 0 aliphatic carbocycles. The highest BCUT2D eigenvalue weighted by atomic mass is 35.6. The van der Waals surface area contributed by atoms with Crippen LogP contribution in [-0.2, 0) is 4.79 Å². The molecule has 5 heteroatoms. The molecule has 0 aromatic carbocycles. The first-order valence-corrected chi connectivity index (χ1v) is 4.59. The van der Waals surface area contributed by atoms with Gasteiger partial charge in [-0.05, 0) is 5.92 Å². The molecule has 1 nitrogen and oxygen atoms in total. The van der Waals surface area contributed by atoms with E-state index in [1.54, 1.807) is 13.8 Å². The van der Waals surface area contributed by atoms with Crippen molar-refractivity contribution in [3.05, 3.63) is 0 Å². The molecular formula is C6H8Cl4O. The lowest BCUT2D eigenvalue weighted by Crippen LogP contribution is -2.31. The lowest BCUT2D eigenvalue weighted by atomic mass is 10.1. The third kappa shape index (κ3) is 3.84. The fourth-order valence-corrected chi connectivity index (χ4v) is 1.14. The Morgan fingerprint density at radius 1 is 1.27 bits per heavy atom. The Morgan fingerprint density at radius 3 is 1.73 bits per heavy atom. The average molecular weight is 238 g/mol. The fraction of sp³-hybridized carbons (Fsp3) is 0.833. The predicted octanol–water partition coefficient (Wildman–Crippen LogP) is 3.19. The Hall–Kier alpha value is 0.830. The van der Waals surface area contributed by atoms with E-state index in [0.717, 1.165) is 0 Å². The molecule has 0 radical (unpaired) electrons. The van der Waals surface area contributed by atoms with Crippen LogP contribution in [0.25, 0.3) is 0 Å². The van der Waals surface area contributed by atoms with Gasteiger partial charge in [-0.1, -0.05) is 48.7 Å². The van der Waals surface area contributed by atoms with E-state index in [4.69, 9.17) is 46.4 Å². The van der Waals surface area contributed by atoms with Gasteiger partial charge in [0.25, 0.3) is 0 Å². The van der Waals surface area contributed by atoms with Gasteiger partial charge in [-0.25, -0.2) is 0 Å². The zero-order valence-electron chi connectivity index (χ0n) is 6.07. The van der Waals surface area contributed by atoms with Crippen LogP contribution in [0.15, 0.2) is 0 Å². The predicted molar refractivity (Wildman–Crippen MR) is 49.8 cm³/mol. The Balaban J connectivity index is 4.26. The molecule has 0 aromatic heterocycles. The van der Waals surface area contributed by atoms with Gasteiger partial charge < -0.3 is 0 Å². The summed E-state index contributed by atoms with van der Waals surface area (Å²) in [5.74, 6) is -0.598. The molecular weight excluding hydrogens is 230 g/mol. The van der Waals surface area contributed by atoms with Crippen molar-refractivity contribution in [1.29, 1.82) is 0 Å². The molecule has 0 N–H and O–H groups in total. The normalized spacial score (nSPS) is 15.2. The topological polar surface area (TPSA) is 17.1 Å². The molecule has 0 spiro atoms. The van der Waals surface area contributed by atoms with Crippen molar-refractivity contribution < 1.29 is 4.79 Å². The minimum atomic E-state index is -1.89. The molecule has 0 aliphatic rings.